The molecule has 0 aliphatic heterocycles. The minimum Gasteiger partial charge on any atom is -0.478 e. The molecule has 0 saturated heterocycles. The Hall–Kier alpha value is -5.89. The summed E-state index contributed by atoms with van der Waals surface area (Å²) in [5, 5.41) is 10.0. The highest BCUT2D eigenvalue weighted by atomic mass is 16.5. The first-order valence-electron chi connectivity index (χ1n) is 14.5. The van der Waals surface area contributed by atoms with E-state index in [0.29, 0.717) is 0 Å². The number of aromatic carboxylic acids is 1. The van der Waals surface area contributed by atoms with Crippen LogP contribution in [0.4, 0.5) is 11.4 Å². The van der Waals surface area contributed by atoms with Crippen LogP contribution in [0.15, 0.2) is 103 Å². The average molecular weight is 597 g/mol. The SMILES string of the molecule is Nc1c(C(=O)OCC2c3ccccc3-c3ccccc32)cc(C(=O)O)c(C(=O)OCC2c3ccccc3-c3ccccc32)c1N. The van der Waals surface area contributed by atoms with Crippen LogP contribution in [0.2, 0.25) is 0 Å². The van der Waals surface area contributed by atoms with Gasteiger partial charge in [-0.1, -0.05) is 97.1 Å². The fourth-order valence-electron chi connectivity index (χ4n) is 6.62. The van der Waals surface area contributed by atoms with Gasteiger partial charge in [-0.05, 0) is 50.6 Å². The number of rotatable bonds is 7. The maximum atomic E-state index is 13.4. The molecule has 0 spiro atoms. The van der Waals surface area contributed by atoms with Crippen molar-refractivity contribution < 1.29 is 29.0 Å². The zero-order valence-corrected chi connectivity index (χ0v) is 24.0. The molecule has 0 bridgehead atoms. The molecule has 0 radical (unpaired) electrons. The van der Waals surface area contributed by atoms with E-state index in [1.165, 1.54) is 0 Å². The summed E-state index contributed by atoms with van der Waals surface area (Å²) in [6.45, 7) is -0.0396. The van der Waals surface area contributed by atoms with Crippen LogP contribution in [-0.2, 0) is 9.47 Å². The highest BCUT2D eigenvalue weighted by Gasteiger charge is 2.33. The molecular weight excluding hydrogens is 568 g/mol. The summed E-state index contributed by atoms with van der Waals surface area (Å²) in [5.74, 6) is -3.70. The Morgan fingerprint density at radius 2 is 0.933 bits per heavy atom. The van der Waals surface area contributed by atoms with Crippen LogP contribution in [0, 0.1) is 0 Å². The summed E-state index contributed by atoms with van der Waals surface area (Å²) in [5.41, 5.74) is 19.0. The molecule has 2 aliphatic carbocycles. The van der Waals surface area contributed by atoms with Gasteiger partial charge >= 0.3 is 17.9 Å². The molecule has 5 aromatic rings. The van der Waals surface area contributed by atoms with Crippen LogP contribution in [0.25, 0.3) is 22.3 Å². The number of fused-ring (bicyclic) bond motifs is 6. The van der Waals surface area contributed by atoms with Crippen molar-refractivity contribution in [1.29, 1.82) is 0 Å². The van der Waals surface area contributed by atoms with E-state index in [1.807, 2.05) is 97.1 Å². The number of carbonyl (C=O) groups excluding carboxylic acids is 2. The predicted octanol–water partition coefficient (Wildman–Crippen LogP) is 6.49. The fourth-order valence-corrected chi connectivity index (χ4v) is 6.62. The third-order valence-corrected chi connectivity index (χ3v) is 8.75. The van der Waals surface area contributed by atoms with E-state index in [2.05, 4.69) is 0 Å². The van der Waals surface area contributed by atoms with Gasteiger partial charge in [-0.3, -0.25) is 0 Å². The summed E-state index contributed by atoms with van der Waals surface area (Å²) in [6, 6.07) is 32.6. The number of benzene rings is 5. The molecule has 45 heavy (non-hydrogen) atoms. The van der Waals surface area contributed by atoms with Gasteiger partial charge in [0, 0.05) is 11.8 Å². The van der Waals surface area contributed by atoms with Crippen LogP contribution < -0.4 is 11.5 Å². The van der Waals surface area contributed by atoms with Gasteiger partial charge in [-0.2, -0.15) is 0 Å². The van der Waals surface area contributed by atoms with Crippen molar-refractivity contribution in [1.82, 2.24) is 0 Å². The van der Waals surface area contributed by atoms with E-state index in [4.69, 9.17) is 20.9 Å². The lowest BCUT2D eigenvalue weighted by molar-refractivity contribution is 0.0475. The van der Waals surface area contributed by atoms with Crippen molar-refractivity contribution in [2.45, 2.75) is 11.8 Å². The Morgan fingerprint density at radius 1 is 0.556 bits per heavy atom. The molecule has 0 saturated carbocycles. The van der Waals surface area contributed by atoms with Gasteiger partial charge in [0.15, 0.2) is 0 Å². The van der Waals surface area contributed by atoms with Gasteiger partial charge in [0.2, 0.25) is 0 Å². The van der Waals surface area contributed by atoms with Crippen molar-refractivity contribution in [3.8, 4) is 22.3 Å². The Kier molecular flexibility index (Phi) is 6.82. The quantitative estimate of drug-likeness (QED) is 0.143. The van der Waals surface area contributed by atoms with Gasteiger partial charge in [-0.15, -0.1) is 0 Å². The second-order valence-corrected chi connectivity index (χ2v) is 11.1. The summed E-state index contributed by atoms with van der Waals surface area (Å²) in [7, 11) is 0. The maximum absolute atomic E-state index is 13.4. The Balaban J connectivity index is 1.13. The molecule has 0 aromatic heterocycles. The molecule has 5 aromatic carbocycles. The highest BCUT2D eigenvalue weighted by molar-refractivity contribution is 6.12. The van der Waals surface area contributed by atoms with E-state index < -0.39 is 29.0 Å². The average Bonchev–Trinajstić information content (AvgIpc) is 3.56. The maximum Gasteiger partial charge on any atom is 0.341 e. The standard InChI is InChI=1S/C37H28N2O6/c38-33-29(36(42)44-18-30-24-13-5-1-9-20(24)21-10-2-6-14-25(21)30)17-28(35(40)41)32(34(33)39)37(43)45-19-31-26-15-7-3-11-22(26)23-12-4-8-16-27(23)31/h1-17,30-31H,18-19,38-39H2,(H,40,41). The van der Waals surface area contributed by atoms with E-state index in [1.54, 1.807) is 0 Å². The molecule has 2 aliphatic rings. The minimum absolute atomic E-state index is 0.00272. The Labute approximate surface area is 258 Å². The molecule has 8 nitrogen and oxygen atoms in total. The number of ether oxygens (including phenoxy) is 2. The summed E-state index contributed by atoms with van der Waals surface area (Å²) in [4.78, 5) is 39.1. The summed E-state index contributed by atoms with van der Waals surface area (Å²) < 4.78 is 11.4. The molecule has 8 heteroatoms. The van der Waals surface area contributed by atoms with Crippen LogP contribution in [0.5, 0.6) is 0 Å². The monoisotopic (exact) mass is 596 g/mol. The van der Waals surface area contributed by atoms with Crippen LogP contribution in [-0.4, -0.2) is 36.2 Å². The van der Waals surface area contributed by atoms with Gasteiger partial charge in [0.05, 0.1) is 28.1 Å². The molecule has 0 fully saturated rings. The third kappa shape index (κ3) is 4.58. The number of hydrogen-bond acceptors (Lipinski definition) is 7. The van der Waals surface area contributed by atoms with Crippen molar-refractivity contribution in [2.75, 3.05) is 24.7 Å². The molecule has 0 amide bonds. The molecule has 222 valence electrons. The Bertz CT molecular complexity index is 1940. The molecular formula is C37H28N2O6. The van der Waals surface area contributed by atoms with Crippen LogP contribution >= 0.6 is 0 Å². The number of esters is 2. The lowest BCUT2D eigenvalue weighted by Crippen LogP contribution is -2.21. The van der Waals surface area contributed by atoms with Gasteiger partial charge in [-0.25, -0.2) is 14.4 Å². The lowest BCUT2D eigenvalue weighted by atomic mass is 9.97. The minimum atomic E-state index is -1.46. The van der Waals surface area contributed by atoms with E-state index in [0.717, 1.165) is 50.6 Å². The first-order chi connectivity index (χ1) is 21.8. The third-order valence-electron chi connectivity index (χ3n) is 8.75. The number of nitrogen functional groups attached to an aromatic ring is 2. The molecule has 5 N–H and O–H groups in total. The van der Waals surface area contributed by atoms with Gasteiger partial charge in [0.25, 0.3) is 0 Å². The van der Waals surface area contributed by atoms with Crippen molar-refractivity contribution in [3.05, 3.63) is 142 Å². The number of carboxylic acids is 1. The van der Waals surface area contributed by atoms with E-state index in [9.17, 15) is 19.5 Å². The van der Waals surface area contributed by atoms with Crippen molar-refractivity contribution in [2.24, 2.45) is 0 Å². The fraction of sp³-hybridized carbons (Fsp3) is 0.108. The molecule has 7 rings (SSSR count). The Morgan fingerprint density at radius 3 is 1.33 bits per heavy atom. The molecule has 0 heterocycles. The smallest absolute Gasteiger partial charge is 0.341 e. The van der Waals surface area contributed by atoms with Crippen LogP contribution in [0.3, 0.4) is 0 Å². The number of hydrogen-bond donors (Lipinski definition) is 3. The topological polar surface area (TPSA) is 142 Å². The second-order valence-electron chi connectivity index (χ2n) is 11.1. The molecule has 0 unspecified atom stereocenters. The zero-order valence-electron chi connectivity index (χ0n) is 24.0. The van der Waals surface area contributed by atoms with E-state index in [-0.39, 0.29) is 42.0 Å². The number of carboxylic acid groups (broad SMARTS) is 1. The first-order valence-corrected chi connectivity index (χ1v) is 14.5. The molecule has 0 atom stereocenters. The predicted molar refractivity (Wildman–Crippen MR) is 170 cm³/mol. The van der Waals surface area contributed by atoms with Crippen molar-refractivity contribution >= 4 is 29.3 Å². The second kappa shape index (κ2) is 11.0. The first kappa shape index (κ1) is 27.9. The van der Waals surface area contributed by atoms with Gasteiger partial charge < -0.3 is 26.0 Å². The zero-order chi connectivity index (χ0) is 31.2. The number of anilines is 2. The lowest BCUT2D eigenvalue weighted by Gasteiger charge is -2.18. The summed E-state index contributed by atoms with van der Waals surface area (Å²) >= 11 is 0. The summed E-state index contributed by atoms with van der Waals surface area (Å²) in [6.07, 6.45) is 0. The highest BCUT2D eigenvalue weighted by Crippen LogP contribution is 2.46. The van der Waals surface area contributed by atoms with Crippen molar-refractivity contribution in [3.63, 3.8) is 0 Å². The number of carbonyl (C=O) groups is 3. The normalized spacial score (nSPS) is 13.0. The largest absolute Gasteiger partial charge is 0.478 e. The van der Waals surface area contributed by atoms with Gasteiger partial charge in [0.1, 0.15) is 13.2 Å². The number of nitrogens with two attached hydrogens (primary N) is 2. The van der Waals surface area contributed by atoms with Crippen LogP contribution in [0.1, 0.15) is 65.2 Å². The van der Waals surface area contributed by atoms with E-state index >= 15 is 0 Å².